The van der Waals surface area contributed by atoms with Gasteiger partial charge in [0.05, 0.1) is 18.7 Å². The van der Waals surface area contributed by atoms with Gasteiger partial charge in [0.15, 0.2) is 6.61 Å². The molecule has 142 valence electrons. The molecule has 1 aliphatic heterocycles. The molecule has 0 aliphatic carbocycles. The van der Waals surface area contributed by atoms with E-state index in [0.717, 1.165) is 10.6 Å². The predicted molar refractivity (Wildman–Crippen MR) is 106 cm³/mol. The molecular formula is C21H18N2O4S. The number of rotatable bonds is 7. The van der Waals surface area contributed by atoms with Crippen LogP contribution in [-0.4, -0.2) is 32.0 Å². The van der Waals surface area contributed by atoms with E-state index in [1.165, 1.54) is 11.8 Å². The highest BCUT2D eigenvalue weighted by Crippen LogP contribution is 2.46. The smallest absolute Gasteiger partial charge is 0.309 e. The van der Waals surface area contributed by atoms with E-state index >= 15 is 0 Å². The third-order valence-corrected chi connectivity index (χ3v) is 5.26. The van der Waals surface area contributed by atoms with Crippen LogP contribution in [0.2, 0.25) is 0 Å². The number of ether oxygens (including phenoxy) is 2. The molecule has 0 radical (unpaired) electrons. The molecule has 2 aromatic rings. The van der Waals surface area contributed by atoms with Gasteiger partial charge in [-0.25, -0.2) is 0 Å². The molecule has 0 amide bonds. The third-order valence-electron chi connectivity index (χ3n) is 4.02. The van der Waals surface area contributed by atoms with Crippen LogP contribution in [0.1, 0.15) is 6.42 Å². The van der Waals surface area contributed by atoms with Crippen LogP contribution in [0.5, 0.6) is 5.75 Å². The Hall–Kier alpha value is -3.24. The number of nitrogens with zero attached hydrogens (tertiary/aromatic N) is 2. The first kappa shape index (κ1) is 19.5. The minimum absolute atomic E-state index is 0.0146. The van der Waals surface area contributed by atoms with Gasteiger partial charge in [0, 0.05) is 11.9 Å². The van der Waals surface area contributed by atoms with Crippen molar-refractivity contribution < 1.29 is 19.1 Å². The fraction of sp³-hybridized carbons (Fsp3) is 0.190. The topological polar surface area (TPSA) is 79.6 Å². The first-order valence-corrected chi connectivity index (χ1v) is 9.43. The number of hydrogen-bond donors (Lipinski definition) is 0. The lowest BCUT2D eigenvalue weighted by atomic mass is 10.2. The highest BCUT2D eigenvalue weighted by atomic mass is 32.2. The summed E-state index contributed by atoms with van der Waals surface area (Å²) in [4.78, 5) is 27.0. The van der Waals surface area contributed by atoms with Crippen molar-refractivity contribution in [3.63, 3.8) is 0 Å². The first-order valence-electron chi connectivity index (χ1n) is 8.62. The minimum Gasteiger partial charge on any atom is -0.493 e. The van der Waals surface area contributed by atoms with Gasteiger partial charge in [0.25, 0.3) is 0 Å². The number of hydrogen-bond acceptors (Lipinski definition) is 7. The van der Waals surface area contributed by atoms with Gasteiger partial charge in [0.2, 0.25) is 5.78 Å². The van der Waals surface area contributed by atoms with E-state index in [0.29, 0.717) is 10.8 Å². The molecule has 0 spiro atoms. The standard InChI is InChI=1S/C21H18N2O4S/c1-23-17-9-5-6-10-19(17)28-21(23)16(13-22)18(24)14-27-20(25)11-12-26-15-7-3-2-4-8-15/h2-10H,11-12,14H2,1H3/b21-16-. The number of Topliss-reactive ketones (excluding diaryl/α,β-unsaturated/α-hetero) is 1. The number of carbonyl (C=O) groups is 2. The van der Waals surface area contributed by atoms with Crippen molar-refractivity contribution in [2.75, 3.05) is 25.2 Å². The number of esters is 1. The van der Waals surface area contributed by atoms with Crippen LogP contribution in [0.25, 0.3) is 0 Å². The summed E-state index contributed by atoms with van der Waals surface area (Å²) in [7, 11) is 1.80. The number of anilines is 1. The van der Waals surface area contributed by atoms with E-state index in [4.69, 9.17) is 9.47 Å². The normalized spacial score (nSPS) is 14.1. The maximum atomic E-state index is 12.4. The van der Waals surface area contributed by atoms with E-state index in [-0.39, 0.29) is 18.6 Å². The van der Waals surface area contributed by atoms with E-state index in [2.05, 4.69) is 0 Å². The monoisotopic (exact) mass is 394 g/mol. The largest absolute Gasteiger partial charge is 0.493 e. The number of thioether (sulfide) groups is 1. The highest BCUT2D eigenvalue weighted by Gasteiger charge is 2.28. The number of carbonyl (C=O) groups excluding carboxylic acids is 2. The number of nitriles is 1. The van der Waals surface area contributed by atoms with Gasteiger partial charge in [-0.15, -0.1) is 0 Å². The van der Waals surface area contributed by atoms with Crippen LogP contribution in [0, 0.1) is 11.3 Å². The second-order valence-electron chi connectivity index (χ2n) is 5.92. The summed E-state index contributed by atoms with van der Waals surface area (Å²) in [5.74, 6) is -0.423. The second-order valence-corrected chi connectivity index (χ2v) is 6.95. The van der Waals surface area contributed by atoms with Gasteiger partial charge in [-0.05, 0) is 24.3 Å². The van der Waals surface area contributed by atoms with Crippen molar-refractivity contribution in [2.45, 2.75) is 11.3 Å². The molecule has 28 heavy (non-hydrogen) atoms. The Labute approximate surface area is 167 Å². The molecule has 0 unspecified atom stereocenters. The fourth-order valence-corrected chi connectivity index (χ4v) is 3.77. The zero-order valence-corrected chi connectivity index (χ0v) is 16.1. The molecule has 7 heteroatoms. The van der Waals surface area contributed by atoms with Crippen LogP contribution in [-0.2, 0) is 14.3 Å². The van der Waals surface area contributed by atoms with Crippen LogP contribution >= 0.6 is 11.8 Å². The minimum atomic E-state index is -0.553. The van der Waals surface area contributed by atoms with Gasteiger partial charge in [0.1, 0.15) is 22.4 Å². The summed E-state index contributed by atoms with van der Waals surface area (Å²) in [6.07, 6.45) is 0.0146. The summed E-state index contributed by atoms with van der Waals surface area (Å²) < 4.78 is 10.4. The van der Waals surface area contributed by atoms with E-state index in [1.807, 2.05) is 48.5 Å². The summed E-state index contributed by atoms with van der Waals surface area (Å²) in [5, 5.41) is 10.00. The molecule has 3 rings (SSSR count). The van der Waals surface area contributed by atoms with Gasteiger partial charge in [-0.3, -0.25) is 9.59 Å². The number of para-hydroxylation sites is 2. The summed E-state index contributed by atoms with van der Waals surface area (Å²) >= 11 is 1.35. The highest BCUT2D eigenvalue weighted by molar-refractivity contribution is 8.03. The molecule has 1 heterocycles. The molecule has 2 aromatic carbocycles. The molecule has 0 N–H and O–H groups in total. The maximum absolute atomic E-state index is 12.4. The molecule has 0 saturated carbocycles. The van der Waals surface area contributed by atoms with Crippen LogP contribution in [0.3, 0.4) is 0 Å². The molecule has 0 fully saturated rings. The van der Waals surface area contributed by atoms with Crippen molar-refractivity contribution in [1.82, 2.24) is 0 Å². The molecular weight excluding hydrogens is 376 g/mol. The van der Waals surface area contributed by atoms with Crippen molar-refractivity contribution in [3.05, 3.63) is 65.2 Å². The first-order chi connectivity index (χ1) is 13.6. The van der Waals surface area contributed by atoms with Gasteiger partial charge >= 0.3 is 5.97 Å². The summed E-state index contributed by atoms with van der Waals surface area (Å²) in [6.45, 7) is -0.321. The van der Waals surface area contributed by atoms with E-state index in [9.17, 15) is 14.9 Å². The van der Waals surface area contributed by atoms with Crippen LogP contribution < -0.4 is 9.64 Å². The van der Waals surface area contributed by atoms with Gasteiger partial charge in [-0.2, -0.15) is 5.26 Å². The Balaban J connectivity index is 1.54. The van der Waals surface area contributed by atoms with E-state index < -0.39 is 18.4 Å². The predicted octanol–water partition coefficient (Wildman–Crippen LogP) is 3.55. The number of fused-ring (bicyclic) bond motifs is 1. The Bertz CT molecular complexity index is 950. The third kappa shape index (κ3) is 4.53. The van der Waals surface area contributed by atoms with Crippen molar-refractivity contribution in [3.8, 4) is 11.8 Å². The second kappa shape index (κ2) is 9.11. The SMILES string of the molecule is CN1/C(=C(\C#N)C(=O)COC(=O)CCOc2ccccc2)Sc2ccccc21. The summed E-state index contributed by atoms with van der Waals surface area (Å²) in [6, 6.07) is 18.7. The van der Waals surface area contributed by atoms with Crippen molar-refractivity contribution in [1.29, 1.82) is 5.26 Å². The average Bonchev–Trinajstić information content (AvgIpc) is 3.04. The lowest BCUT2D eigenvalue weighted by Gasteiger charge is -2.14. The maximum Gasteiger partial charge on any atom is 0.309 e. The fourth-order valence-electron chi connectivity index (χ4n) is 2.61. The zero-order valence-electron chi connectivity index (χ0n) is 15.3. The van der Waals surface area contributed by atoms with Gasteiger partial charge in [-0.1, -0.05) is 42.1 Å². The summed E-state index contributed by atoms with van der Waals surface area (Å²) in [5.41, 5.74) is 0.912. The quantitative estimate of drug-likeness (QED) is 0.404. The molecule has 1 aliphatic rings. The molecule has 0 aromatic heterocycles. The van der Waals surface area contributed by atoms with Crippen molar-refractivity contribution in [2.24, 2.45) is 0 Å². The number of benzene rings is 2. The Morgan fingerprint density at radius 2 is 1.82 bits per heavy atom. The zero-order chi connectivity index (χ0) is 19.9. The van der Waals surface area contributed by atoms with Gasteiger partial charge < -0.3 is 14.4 Å². The Morgan fingerprint density at radius 1 is 1.11 bits per heavy atom. The van der Waals surface area contributed by atoms with Crippen LogP contribution in [0.4, 0.5) is 5.69 Å². The Kier molecular flexibility index (Phi) is 6.35. The van der Waals surface area contributed by atoms with Crippen molar-refractivity contribution >= 4 is 29.2 Å². The number of ketones is 1. The molecule has 0 atom stereocenters. The van der Waals surface area contributed by atoms with Crippen LogP contribution in [0.15, 0.2) is 70.1 Å². The average molecular weight is 394 g/mol. The molecule has 0 saturated heterocycles. The van der Waals surface area contributed by atoms with E-state index in [1.54, 1.807) is 24.1 Å². The Morgan fingerprint density at radius 3 is 2.54 bits per heavy atom. The molecule has 0 bridgehead atoms. The lowest BCUT2D eigenvalue weighted by Crippen LogP contribution is -2.20. The molecule has 6 nitrogen and oxygen atoms in total. The lowest BCUT2D eigenvalue weighted by molar-refractivity contribution is -0.147.